The Morgan fingerprint density at radius 3 is 1.26 bits per heavy atom. The zero-order valence-corrected chi connectivity index (χ0v) is 15.7. The highest BCUT2D eigenvalue weighted by Gasteiger charge is 2.20. The Hall–Kier alpha value is -0.120. The molecule has 0 amide bonds. The van der Waals surface area contributed by atoms with Gasteiger partial charge in [0.2, 0.25) is 0 Å². The van der Waals surface area contributed by atoms with E-state index < -0.39 is 18.3 Å². The average molecular weight is 331 g/mol. The maximum Gasteiger partial charge on any atom is 0.105 e. The minimum atomic E-state index is -1.00. The van der Waals surface area contributed by atoms with Crippen LogP contribution in [0.1, 0.15) is 110 Å². The second-order valence-electron chi connectivity index (χ2n) is 7.18. The molecule has 0 fully saturated rings. The van der Waals surface area contributed by atoms with Gasteiger partial charge >= 0.3 is 0 Å². The number of hydrogen-bond acceptors (Lipinski definition) is 3. The molecule has 3 unspecified atom stereocenters. The Balaban J connectivity index is 3.16. The summed E-state index contributed by atoms with van der Waals surface area (Å²) in [5.41, 5.74) is 0. The fourth-order valence-corrected chi connectivity index (χ4v) is 3.04. The van der Waals surface area contributed by atoms with E-state index in [2.05, 4.69) is 6.92 Å². The first kappa shape index (κ1) is 22.9. The molecule has 0 rings (SSSR count). The van der Waals surface area contributed by atoms with E-state index in [9.17, 15) is 15.3 Å². The SMILES string of the molecule is CCCCCCCCCCCCCCCCC(O)C(O)C(C)O. The van der Waals surface area contributed by atoms with Gasteiger partial charge in [-0.05, 0) is 13.3 Å². The third-order valence-electron chi connectivity index (χ3n) is 4.74. The molecule has 140 valence electrons. The Morgan fingerprint density at radius 2 is 0.913 bits per heavy atom. The fourth-order valence-electron chi connectivity index (χ4n) is 3.04. The van der Waals surface area contributed by atoms with Crippen LogP contribution in [0.4, 0.5) is 0 Å². The van der Waals surface area contributed by atoms with Crippen LogP contribution in [0.2, 0.25) is 0 Å². The van der Waals surface area contributed by atoms with Crippen molar-refractivity contribution >= 4 is 0 Å². The molecule has 0 spiro atoms. The minimum Gasteiger partial charge on any atom is -0.391 e. The van der Waals surface area contributed by atoms with Gasteiger partial charge in [-0.25, -0.2) is 0 Å². The summed E-state index contributed by atoms with van der Waals surface area (Å²) in [6.45, 7) is 3.78. The van der Waals surface area contributed by atoms with E-state index in [0.717, 1.165) is 12.8 Å². The Morgan fingerprint density at radius 1 is 0.565 bits per heavy atom. The molecule has 0 aromatic rings. The van der Waals surface area contributed by atoms with Gasteiger partial charge in [-0.3, -0.25) is 0 Å². The van der Waals surface area contributed by atoms with Crippen molar-refractivity contribution in [2.75, 3.05) is 0 Å². The normalized spacial score (nSPS) is 15.5. The molecule has 0 aliphatic heterocycles. The monoisotopic (exact) mass is 330 g/mol. The second-order valence-corrected chi connectivity index (χ2v) is 7.18. The van der Waals surface area contributed by atoms with E-state index in [0.29, 0.717) is 6.42 Å². The van der Waals surface area contributed by atoms with Gasteiger partial charge in [-0.2, -0.15) is 0 Å². The zero-order chi connectivity index (χ0) is 17.3. The summed E-state index contributed by atoms with van der Waals surface area (Å²) in [5, 5.41) is 28.4. The number of rotatable bonds is 17. The average Bonchev–Trinajstić information content (AvgIpc) is 2.54. The summed E-state index contributed by atoms with van der Waals surface area (Å²) in [4.78, 5) is 0. The van der Waals surface area contributed by atoms with Gasteiger partial charge in [0.05, 0.1) is 12.2 Å². The summed E-state index contributed by atoms with van der Waals surface area (Å²) in [6, 6.07) is 0. The lowest BCUT2D eigenvalue weighted by atomic mass is 10.0. The van der Waals surface area contributed by atoms with Gasteiger partial charge in [0, 0.05) is 0 Å². The van der Waals surface area contributed by atoms with Crippen LogP contribution < -0.4 is 0 Å². The van der Waals surface area contributed by atoms with Gasteiger partial charge in [0.1, 0.15) is 6.10 Å². The third kappa shape index (κ3) is 15.2. The first-order valence-electron chi connectivity index (χ1n) is 10.1. The lowest BCUT2D eigenvalue weighted by Gasteiger charge is -2.19. The van der Waals surface area contributed by atoms with Crippen molar-refractivity contribution in [3.8, 4) is 0 Å². The molecule has 0 aliphatic rings. The molecule has 3 atom stereocenters. The molecule has 3 heteroatoms. The van der Waals surface area contributed by atoms with Crippen LogP contribution in [0.5, 0.6) is 0 Å². The van der Waals surface area contributed by atoms with E-state index in [1.807, 2.05) is 0 Å². The molecule has 3 N–H and O–H groups in total. The third-order valence-corrected chi connectivity index (χ3v) is 4.74. The molecule has 0 aromatic heterocycles. The molecule has 23 heavy (non-hydrogen) atoms. The Kier molecular flexibility index (Phi) is 16.6. The molecular weight excluding hydrogens is 288 g/mol. The minimum absolute atomic E-state index is 0.587. The number of aliphatic hydroxyl groups is 3. The van der Waals surface area contributed by atoms with Crippen molar-refractivity contribution in [3.63, 3.8) is 0 Å². The van der Waals surface area contributed by atoms with Crippen molar-refractivity contribution in [1.29, 1.82) is 0 Å². The molecule has 0 saturated heterocycles. The zero-order valence-electron chi connectivity index (χ0n) is 15.7. The summed E-state index contributed by atoms with van der Waals surface area (Å²) in [5.74, 6) is 0. The summed E-state index contributed by atoms with van der Waals surface area (Å²) in [7, 11) is 0. The number of hydrogen-bond donors (Lipinski definition) is 3. The Labute approximate surface area is 144 Å². The molecule has 0 aliphatic carbocycles. The maximum absolute atomic E-state index is 9.67. The topological polar surface area (TPSA) is 60.7 Å². The van der Waals surface area contributed by atoms with Crippen LogP contribution in [-0.2, 0) is 0 Å². The van der Waals surface area contributed by atoms with Crippen molar-refractivity contribution in [2.45, 2.75) is 128 Å². The first-order valence-corrected chi connectivity index (χ1v) is 10.1. The van der Waals surface area contributed by atoms with Crippen molar-refractivity contribution in [1.82, 2.24) is 0 Å². The molecule has 0 saturated carbocycles. The highest BCUT2D eigenvalue weighted by atomic mass is 16.4. The van der Waals surface area contributed by atoms with E-state index in [1.165, 1.54) is 84.0 Å². The Bertz CT molecular complexity index is 231. The van der Waals surface area contributed by atoms with Crippen LogP contribution in [0.15, 0.2) is 0 Å². The smallest absolute Gasteiger partial charge is 0.105 e. The van der Waals surface area contributed by atoms with Crippen molar-refractivity contribution in [2.24, 2.45) is 0 Å². The van der Waals surface area contributed by atoms with Gasteiger partial charge in [0.15, 0.2) is 0 Å². The molecule has 3 nitrogen and oxygen atoms in total. The molecular formula is C20H42O3. The standard InChI is InChI=1S/C20H42O3/c1-3-4-5-6-7-8-9-10-11-12-13-14-15-16-17-19(22)20(23)18(2)21/h18-23H,3-17H2,1-2H3. The van der Waals surface area contributed by atoms with Crippen molar-refractivity contribution < 1.29 is 15.3 Å². The van der Waals surface area contributed by atoms with Gasteiger partial charge in [-0.15, -0.1) is 0 Å². The molecule has 0 aromatic carbocycles. The number of aliphatic hydroxyl groups excluding tert-OH is 3. The molecule has 0 radical (unpaired) electrons. The second kappa shape index (κ2) is 16.7. The van der Waals surface area contributed by atoms with Gasteiger partial charge in [-0.1, -0.05) is 96.8 Å². The lowest BCUT2D eigenvalue weighted by molar-refractivity contribution is -0.0550. The lowest BCUT2D eigenvalue weighted by Crippen LogP contribution is -2.35. The summed E-state index contributed by atoms with van der Waals surface area (Å²) in [6.07, 6.45) is 16.4. The number of unbranched alkanes of at least 4 members (excludes halogenated alkanes) is 13. The fraction of sp³-hybridized carbons (Fsp3) is 1.00. The van der Waals surface area contributed by atoms with Gasteiger partial charge < -0.3 is 15.3 Å². The van der Waals surface area contributed by atoms with Crippen LogP contribution in [0.25, 0.3) is 0 Å². The van der Waals surface area contributed by atoms with Crippen molar-refractivity contribution in [3.05, 3.63) is 0 Å². The van der Waals surface area contributed by atoms with Crippen LogP contribution in [-0.4, -0.2) is 33.6 Å². The van der Waals surface area contributed by atoms with E-state index in [4.69, 9.17) is 0 Å². The first-order chi connectivity index (χ1) is 11.1. The van der Waals surface area contributed by atoms with Crippen LogP contribution >= 0.6 is 0 Å². The predicted molar refractivity (Wildman–Crippen MR) is 98.6 cm³/mol. The van der Waals surface area contributed by atoms with E-state index >= 15 is 0 Å². The maximum atomic E-state index is 9.67. The predicted octanol–water partition coefficient (Wildman–Crippen LogP) is 4.96. The molecule has 0 heterocycles. The highest BCUT2D eigenvalue weighted by Crippen LogP contribution is 2.14. The quantitative estimate of drug-likeness (QED) is 0.330. The van der Waals surface area contributed by atoms with Crippen LogP contribution in [0.3, 0.4) is 0 Å². The van der Waals surface area contributed by atoms with E-state index in [1.54, 1.807) is 0 Å². The van der Waals surface area contributed by atoms with E-state index in [-0.39, 0.29) is 0 Å². The van der Waals surface area contributed by atoms with Gasteiger partial charge in [0.25, 0.3) is 0 Å². The highest BCUT2D eigenvalue weighted by molar-refractivity contribution is 4.71. The summed E-state index contributed by atoms with van der Waals surface area (Å²) >= 11 is 0. The molecule has 0 bridgehead atoms. The largest absolute Gasteiger partial charge is 0.391 e. The van der Waals surface area contributed by atoms with Crippen LogP contribution in [0, 0.1) is 0 Å². The summed E-state index contributed by atoms with van der Waals surface area (Å²) < 4.78 is 0.